The van der Waals surface area contributed by atoms with Crippen molar-refractivity contribution in [3.05, 3.63) is 53.7 Å². The largest absolute Gasteiger partial charge is 0.454 e. The Morgan fingerprint density at radius 1 is 1.24 bits per heavy atom. The Kier molecular flexibility index (Phi) is 7.17. The number of hydrogen-bond acceptors (Lipinski definition) is 8. The topological polar surface area (TPSA) is 107 Å². The molecular weight excluding hydrogens is 489 g/mol. The van der Waals surface area contributed by atoms with Crippen LogP contribution in [0.4, 0.5) is 9.52 Å². The van der Waals surface area contributed by atoms with Crippen LogP contribution in [-0.2, 0) is 14.8 Å². The monoisotopic (exact) mass is 509 g/mol. The molecule has 1 aliphatic heterocycles. The average molecular weight is 510 g/mol. The number of amides is 1. The molecule has 33 heavy (non-hydrogen) atoms. The molecule has 0 bridgehead atoms. The second-order valence-electron chi connectivity index (χ2n) is 6.98. The third-order valence-corrected chi connectivity index (χ3v) is 7.66. The van der Waals surface area contributed by atoms with Crippen molar-refractivity contribution < 1.29 is 27.1 Å². The smallest absolute Gasteiger partial charge is 0.244 e. The molecule has 1 aliphatic rings. The van der Waals surface area contributed by atoms with E-state index >= 15 is 0 Å². The van der Waals surface area contributed by atoms with Crippen LogP contribution < -0.4 is 19.5 Å². The summed E-state index contributed by atoms with van der Waals surface area (Å²) in [6.07, 6.45) is 2.07. The molecule has 1 atom stereocenters. The van der Waals surface area contributed by atoms with Crippen molar-refractivity contribution in [2.75, 3.05) is 24.1 Å². The number of halogens is 1. The van der Waals surface area contributed by atoms with Crippen molar-refractivity contribution >= 4 is 44.2 Å². The molecule has 2 heterocycles. The lowest BCUT2D eigenvalue weighted by atomic mass is 10.1. The molecule has 0 fully saturated rings. The number of thiazole rings is 1. The van der Waals surface area contributed by atoms with Crippen molar-refractivity contribution in [2.24, 2.45) is 0 Å². The highest BCUT2D eigenvalue weighted by Crippen LogP contribution is 2.36. The lowest BCUT2D eigenvalue weighted by Gasteiger charge is -2.17. The first kappa shape index (κ1) is 23.5. The van der Waals surface area contributed by atoms with Crippen LogP contribution in [0.15, 0.2) is 52.7 Å². The van der Waals surface area contributed by atoms with E-state index in [1.807, 2.05) is 12.3 Å². The van der Waals surface area contributed by atoms with E-state index in [1.54, 1.807) is 17.5 Å². The summed E-state index contributed by atoms with van der Waals surface area (Å²) in [7, 11) is -4.24. The molecule has 0 radical (unpaired) electrons. The summed E-state index contributed by atoms with van der Waals surface area (Å²) in [4.78, 5) is 16.8. The summed E-state index contributed by atoms with van der Waals surface area (Å²) >= 11 is 2.67. The van der Waals surface area contributed by atoms with Crippen LogP contribution in [0.25, 0.3) is 11.3 Å². The number of ether oxygens (including phenoxy) is 2. The number of carbonyl (C=O) groups is 1. The van der Waals surface area contributed by atoms with Gasteiger partial charge in [0, 0.05) is 10.9 Å². The normalized spacial score (nSPS) is 13.6. The van der Waals surface area contributed by atoms with Gasteiger partial charge in [-0.15, -0.1) is 11.3 Å². The van der Waals surface area contributed by atoms with E-state index in [1.165, 1.54) is 35.2 Å². The molecule has 1 amide bonds. The van der Waals surface area contributed by atoms with E-state index < -0.39 is 32.7 Å². The molecule has 8 nitrogen and oxygen atoms in total. The Morgan fingerprint density at radius 2 is 2.03 bits per heavy atom. The number of thioether (sulfide) groups is 1. The first-order valence-electron chi connectivity index (χ1n) is 9.79. The van der Waals surface area contributed by atoms with Crippen molar-refractivity contribution in [1.29, 1.82) is 0 Å². The Morgan fingerprint density at radius 3 is 2.82 bits per heavy atom. The number of sulfonamides is 1. The van der Waals surface area contributed by atoms with Crippen LogP contribution in [-0.4, -0.2) is 44.2 Å². The molecule has 174 valence electrons. The number of nitrogens with zero attached hydrogens (tertiary/aromatic N) is 1. The summed E-state index contributed by atoms with van der Waals surface area (Å²) < 4.78 is 52.4. The zero-order valence-electron chi connectivity index (χ0n) is 17.4. The Labute approximate surface area is 198 Å². The molecule has 1 aromatic heterocycles. The first-order chi connectivity index (χ1) is 15.9. The Bertz CT molecular complexity index is 1270. The fourth-order valence-corrected chi connectivity index (χ4v) is 5.61. The molecule has 0 unspecified atom stereocenters. The molecule has 0 saturated carbocycles. The zero-order valence-corrected chi connectivity index (χ0v) is 19.9. The van der Waals surface area contributed by atoms with Gasteiger partial charge in [-0.1, -0.05) is 12.1 Å². The number of rotatable bonds is 9. The van der Waals surface area contributed by atoms with Crippen molar-refractivity contribution in [3.63, 3.8) is 0 Å². The van der Waals surface area contributed by atoms with E-state index in [4.69, 9.17) is 9.47 Å². The molecule has 12 heteroatoms. The van der Waals surface area contributed by atoms with Crippen LogP contribution in [0.2, 0.25) is 0 Å². The quantitative estimate of drug-likeness (QED) is 0.453. The molecule has 2 N–H and O–H groups in total. The minimum absolute atomic E-state index is 0.164. The predicted octanol–water partition coefficient (Wildman–Crippen LogP) is 3.72. The summed E-state index contributed by atoms with van der Waals surface area (Å²) in [6, 6.07) is 9.34. The van der Waals surface area contributed by atoms with Gasteiger partial charge in [0.25, 0.3) is 0 Å². The number of fused-ring (bicyclic) bond motifs is 1. The highest BCUT2D eigenvalue weighted by Gasteiger charge is 2.28. The number of aromatic nitrogens is 1. The fourth-order valence-electron chi connectivity index (χ4n) is 3.10. The van der Waals surface area contributed by atoms with Gasteiger partial charge in [-0.2, -0.15) is 16.5 Å². The molecule has 4 rings (SSSR count). The third-order valence-electron chi connectivity index (χ3n) is 4.75. The molecule has 2 aromatic carbocycles. The SMILES string of the molecule is CSCC[C@H](NS(=O)(=O)c1ccccc1F)C(=O)Nc1nc(-c2ccc3c(c2)OCO3)cs1. The maximum Gasteiger partial charge on any atom is 0.244 e. The molecule has 0 saturated heterocycles. The minimum Gasteiger partial charge on any atom is -0.454 e. The summed E-state index contributed by atoms with van der Waals surface area (Å²) in [6.45, 7) is 0.164. The van der Waals surface area contributed by atoms with Gasteiger partial charge in [-0.3, -0.25) is 4.79 Å². The maximum atomic E-state index is 14.0. The molecule has 0 spiro atoms. The second-order valence-corrected chi connectivity index (χ2v) is 10.5. The summed E-state index contributed by atoms with van der Waals surface area (Å²) in [5, 5.41) is 4.75. The van der Waals surface area contributed by atoms with E-state index in [0.717, 1.165) is 17.7 Å². The van der Waals surface area contributed by atoms with Crippen LogP contribution >= 0.6 is 23.1 Å². The number of benzene rings is 2. The fraction of sp³-hybridized carbons (Fsp3) is 0.238. The first-order valence-corrected chi connectivity index (χ1v) is 13.6. The van der Waals surface area contributed by atoms with E-state index in [0.29, 0.717) is 28.1 Å². The van der Waals surface area contributed by atoms with Crippen molar-refractivity contribution in [3.8, 4) is 22.8 Å². The van der Waals surface area contributed by atoms with Gasteiger partial charge in [-0.05, 0) is 48.8 Å². The second kappa shape index (κ2) is 10.1. The predicted molar refractivity (Wildman–Crippen MR) is 126 cm³/mol. The van der Waals surface area contributed by atoms with Gasteiger partial charge < -0.3 is 14.8 Å². The third kappa shape index (κ3) is 5.46. The van der Waals surface area contributed by atoms with Crippen molar-refractivity contribution in [1.82, 2.24) is 9.71 Å². The number of nitrogens with one attached hydrogen (secondary N) is 2. The van der Waals surface area contributed by atoms with Crippen LogP contribution in [0.5, 0.6) is 11.5 Å². The highest BCUT2D eigenvalue weighted by atomic mass is 32.2. The van der Waals surface area contributed by atoms with Gasteiger partial charge in [-0.25, -0.2) is 17.8 Å². The van der Waals surface area contributed by atoms with Gasteiger partial charge in [0.2, 0.25) is 22.7 Å². The standard InChI is InChI=1S/C21H20FN3O5S3/c1-31-9-8-15(25-33(27,28)19-5-3-2-4-14(19)22)20(26)24-21-23-16(11-32-21)13-6-7-17-18(10-13)30-12-29-17/h2-7,10-11,15,25H,8-9,12H2,1H3,(H,23,24,26)/t15-/m0/s1. The van der Waals surface area contributed by atoms with Crippen LogP contribution in [0, 0.1) is 5.82 Å². The van der Waals surface area contributed by atoms with Gasteiger partial charge in [0.1, 0.15) is 16.8 Å². The highest BCUT2D eigenvalue weighted by molar-refractivity contribution is 7.98. The zero-order chi connectivity index (χ0) is 23.4. The van der Waals surface area contributed by atoms with Crippen molar-refractivity contribution in [2.45, 2.75) is 17.4 Å². The molecule has 0 aliphatic carbocycles. The number of hydrogen-bond donors (Lipinski definition) is 2. The lowest BCUT2D eigenvalue weighted by Crippen LogP contribution is -2.44. The Hall–Kier alpha value is -2.67. The summed E-state index contributed by atoms with van der Waals surface area (Å²) in [5.74, 6) is 0.336. The van der Waals surface area contributed by atoms with Gasteiger partial charge >= 0.3 is 0 Å². The summed E-state index contributed by atoms with van der Waals surface area (Å²) in [5.41, 5.74) is 1.41. The minimum atomic E-state index is -4.24. The molecule has 3 aromatic rings. The van der Waals surface area contributed by atoms with Crippen LogP contribution in [0.1, 0.15) is 6.42 Å². The average Bonchev–Trinajstić information content (AvgIpc) is 3.45. The van der Waals surface area contributed by atoms with Gasteiger partial charge in [0.15, 0.2) is 16.6 Å². The number of anilines is 1. The van der Waals surface area contributed by atoms with E-state index in [-0.39, 0.29) is 13.2 Å². The van der Waals surface area contributed by atoms with E-state index in [2.05, 4.69) is 15.0 Å². The Balaban J connectivity index is 1.49. The lowest BCUT2D eigenvalue weighted by molar-refractivity contribution is -0.117. The van der Waals surface area contributed by atoms with E-state index in [9.17, 15) is 17.6 Å². The number of carbonyl (C=O) groups excluding carboxylic acids is 1. The van der Waals surface area contributed by atoms with Crippen LogP contribution in [0.3, 0.4) is 0 Å². The van der Waals surface area contributed by atoms with Gasteiger partial charge in [0.05, 0.1) is 5.69 Å². The molecular formula is C21H20FN3O5S3. The maximum absolute atomic E-state index is 14.0.